The van der Waals surface area contributed by atoms with Crippen LogP contribution in [0.4, 0.5) is 0 Å². The van der Waals surface area contributed by atoms with Crippen molar-refractivity contribution in [3.63, 3.8) is 0 Å². The Hall–Kier alpha value is 0.580. The summed E-state index contributed by atoms with van der Waals surface area (Å²) in [7, 11) is 0. The lowest BCUT2D eigenvalue weighted by molar-refractivity contribution is 0.285. The first-order valence-electron chi connectivity index (χ1n) is 6.11. The average molecular weight is 253 g/mol. The zero-order valence-corrected chi connectivity index (χ0v) is 12.2. The monoisotopic (exact) mass is 252 g/mol. The van der Waals surface area contributed by atoms with Gasteiger partial charge in [-0.05, 0) is 44.9 Å². The number of hydrogen-bond donors (Lipinski definition) is 0. The number of alkyl halides is 2. The van der Waals surface area contributed by atoms with Gasteiger partial charge in [-0.2, -0.15) is 0 Å². The van der Waals surface area contributed by atoms with Crippen molar-refractivity contribution in [1.29, 1.82) is 0 Å². The Balaban J connectivity index is 3.57. The van der Waals surface area contributed by atoms with Crippen LogP contribution in [0.3, 0.4) is 0 Å². The number of halogens is 2. The topological polar surface area (TPSA) is 0 Å². The highest BCUT2D eigenvalue weighted by Crippen LogP contribution is 2.30. The van der Waals surface area contributed by atoms with E-state index in [2.05, 4.69) is 27.7 Å². The fraction of sp³-hybridized carbons (Fsp3) is 1.00. The Kier molecular flexibility index (Phi) is 8.09. The van der Waals surface area contributed by atoms with Crippen LogP contribution in [0.2, 0.25) is 0 Å². The van der Waals surface area contributed by atoms with Crippen molar-refractivity contribution in [3.8, 4) is 0 Å². The molecule has 0 aromatic rings. The van der Waals surface area contributed by atoms with Crippen LogP contribution in [0.15, 0.2) is 0 Å². The molecule has 0 N–H and O–H groups in total. The molecule has 0 amide bonds. The molecule has 0 aromatic heterocycles. The number of rotatable bonds is 8. The highest BCUT2D eigenvalue weighted by Gasteiger charge is 2.17. The molecule has 0 heterocycles. The molecule has 0 radical (unpaired) electrons. The minimum Gasteiger partial charge on any atom is -0.123 e. The van der Waals surface area contributed by atoms with Crippen LogP contribution < -0.4 is 0 Å². The van der Waals surface area contributed by atoms with E-state index in [1.54, 1.807) is 0 Å². The van der Waals surface area contributed by atoms with Gasteiger partial charge in [-0.1, -0.05) is 26.7 Å². The zero-order valence-electron chi connectivity index (χ0n) is 10.7. The fourth-order valence-corrected chi connectivity index (χ4v) is 2.16. The lowest BCUT2D eigenvalue weighted by atomic mass is 9.82. The van der Waals surface area contributed by atoms with Crippen molar-refractivity contribution < 1.29 is 0 Å². The summed E-state index contributed by atoms with van der Waals surface area (Å²) in [6.45, 7) is 8.85. The van der Waals surface area contributed by atoms with Gasteiger partial charge in [-0.15, -0.1) is 23.2 Å². The van der Waals surface area contributed by atoms with E-state index in [1.807, 2.05) is 0 Å². The molecule has 0 rings (SSSR count). The van der Waals surface area contributed by atoms with Gasteiger partial charge in [0.15, 0.2) is 0 Å². The minimum atomic E-state index is 0.323. The predicted molar refractivity (Wildman–Crippen MR) is 72.1 cm³/mol. The second-order valence-corrected chi connectivity index (χ2v) is 7.00. The van der Waals surface area contributed by atoms with E-state index >= 15 is 0 Å². The molecule has 0 aromatic carbocycles. The van der Waals surface area contributed by atoms with Crippen molar-refractivity contribution in [2.24, 2.45) is 5.41 Å². The quantitative estimate of drug-likeness (QED) is 0.493. The molecule has 2 atom stereocenters. The molecule has 0 spiro atoms. The maximum absolute atomic E-state index is 5.94. The predicted octanol–water partition coefficient (Wildman–Crippen LogP) is 5.61. The Labute approximate surface area is 106 Å². The average Bonchev–Trinajstić information content (AvgIpc) is 2.01. The molecule has 0 saturated carbocycles. The molecule has 0 aliphatic rings. The van der Waals surface area contributed by atoms with Crippen LogP contribution in [0, 0.1) is 5.41 Å². The third-order valence-electron chi connectivity index (χ3n) is 2.91. The highest BCUT2D eigenvalue weighted by atomic mass is 35.5. The van der Waals surface area contributed by atoms with Crippen molar-refractivity contribution in [2.75, 3.05) is 0 Å². The second kappa shape index (κ2) is 7.79. The molecular formula is C13H26Cl2. The van der Waals surface area contributed by atoms with E-state index in [-0.39, 0.29) is 0 Å². The summed E-state index contributed by atoms with van der Waals surface area (Å²) in [6, 6.07) is 0. The van der Waals surface area contributed by atoms with Gasteiger partial charge in [0.05, 0.1) is 0 Å². The van der Waals surface area contributed by atoms with Gasteiger partial charge in [0.2, 0.25) is 0 Å². The van der Waals surface area contributed by atoms with Crippen molar-refractivity contribution in [1.82, 2.24) is 0 Å². The normalized spacial score (nSPS) is 16.4. The van der Waals surface area contributed by atoms with Gasteiger partial charge in [0.1, 0.15) is 0 Å². The van der Waals surface area contributed by atoms with E-state index in [9.17, 15) is 0 Å². The van der Waals surface area contributed by atoms with E-state index < -0.39 is 0 Å². The van der Waals surface area contributed by atoms with E-state index in [0.29, 0.717) is 16.2 Å². The largest absolute Gasteiger partial charge is 0.123 e. The summed E-state index contributed by atoms with van der Waals surface area (Å²) in [6.07, 6.45) is 7.32. The molecule has 0 aliphatic heterocycles. The first-order valence-corrected chi connectivity index (χ1v) is 6.99. The van der Waals surface area contributed by atoms with Crippen LogP contribution >= 0.6 is 23.2 Å². The second-order valence-electron chi connectivity index (χ2n) is 5.51. The van der Waals surface area contributed by atoms with Gasteiger partial charge in [-0.3, -0.25) is 0 Å². The summed E-state index contributed by atoms with van der Waals surface area (Å²) >= 11 is 11.9. The van der Waals surface area contributed by atoms with Crippen LogP contribution in [0.1, 0.15) is 66.2 Å². The lowest BCUT2D eigenvalue weighted by Gasteiger charge is -2.25. The molecule has 92 valence electrons. The van der Waals surface area contributed by atoms with Crippen molar-refractivity contribution >= 4 is 23.2 Å². The summed E-state index contributed by atoms with van der Waals surface area (Å²) in [5.74, 6) is 0. The minimum absolute atomic E-state index is 0.323. The molecule has 15 heavy (non-hydrogen) atoms. The Morgan fingerprint density at radius 2 is 1.20 bits per heavy atom. The lowest BCUT2D eigenvalue weighted by Crippen LogP contribution is -2.12. The fourth-order valence-electron chi connectivity index (χ4n) is 1.85. The van der Waals surface area contributed by atoms with E-state index in [0.717, 1.165) is 12.8 Å². The number of hydrogen-bond acceptors (Lipinski definition) is 0. The third kappa shape index (κ3) is 10.9. The molecular weight excluding hydrogens is 227 g/mol. The zero-order chi connectivity index (χ0) is 11.9. The Morgan fingerprint density at radius 1 is 0.867 bits per heavy atom. The van der Waals surface area contributed by atoms with Crippen LogP contribution in [0.25, 0.3) is 0 Å². The van der Waals surface area contributed by atoms with Gasteiger partial charge < -0.3 is 0 Å². The molecule has 0 bridgehead atoms. The van der Waals surface area contributed by atoms with Crippen LogP contribution in [0.5, 0.6) is 0 Å². The Morgan fingerprint density at radius 3 is 1.47 bits per heavy atom. The molecule has 2 heteroatoms. The summed E-state index contributed by atoms with van der Waals surface area (Å²) in [4.78, 5) is 0. The van der Waals surface area contributed by atoms with E-state index in [1.165, 1.54) is 25.7 Å². The molecule has 0 nitrogen and oxygen atoms in total. The highest BCUT2D eigenvalue weighted by molar-refractivity contribution is 6.20. The van der Waals surface area contributed by atoms with Crippen molar-refractivity contribution in [3.05, 3.63) is 0 Å². The third-order valence-corrected chi connectivity index (χ3v) is 3.35. The summed E-state index contributed by atoms with van der Waals surface area (Å²) < 4.78 is 0. The van der Waals surface area contributed by atoms with Gasteiger partial charge in [0.25, 0.3) is 0 Å². The molecule has 0 saturated heterocycles. The molecule has 0 aliphatic carbocycles. The first-order chi connectivity index (χ1) is 6.83. The van der Waals surface area contributed by atoms with Gasteiger partial charge in [-0.25, -0.2) is 0 Å². The molecule has 2 unspecified atom stereocenters. The van der Waals surface area contributed by atoms with Crippen molar-refractivity contribution in [2.45, 2.75) is 77.0 Å². The van der Waals surface area contributed by atoms with Gasteiger partial charge in [0, 0.05) is 10.8 Å². The van der Waals surface area contributed by atoms with Crippen LogP contribution in [-0.2, 0) is 0 Å². The summed E-state index contributed by atoms with van der Waals surface area (Å²) in [5, 5.41) is 0.646. The molecule has 0 fully saturated rings. The standard InChI is InChI=1S/C13H26Cl2/c1-11(14)7-5-9-13(3,4)10-6-8-12(2)15/h11-12H,5-10H2,1-4H3. The van der Waals surface area contributed by atoms with Gasteiger partial charge >= 0.3 is 0 Å². The SMILES string of the molecule is CC(Cl)CCCC(C)(C)CCCC(C)Cl. The first kappa shape index (κ1) is 15.6. The smallest absolute Gasteiger partial charge is 0.0307 e. The maximum Gasteiger partial charge on any atom is 0.0307 e. The summed E-state index contributed by atoms with van der Waals surface area (Å²) in [5.41, 5.74) is 0.456. The Bertz CT molecular complexity index is 135. The maximum atomic E-state index is 5.94. The van der Waals surface area contributed by atoms with E-state index in [4.69, 9.17) is 23.2 Å². The van der Waals surface area contributed by atoms with Crippen LogP contribution in [-0.4, -0.2) is 10.8 Å².